The molecule has 2 aromatic carbocycles. The number of aromatic nitrogens is 2. The summed E-state index contributed by atoms with van der Waals surface area (Å²) in [5, 5.41) is 8.73. The van der Waals surface area contributed by atoms with Gasteiger partial charge in [0.25, 0.3) is 0 Å². The maximum absolute atomic E-state index is 12.1. The number of carbonyl (C=O) groups is 1. The Kier molecular flexibility index (Phi) is 5.83. The summed E-state index contributed by atoms with van der Waals surface area (Å²) in [5.41, 5.74) is 2.86. The molecule has 1 amide bonds. The summed E-state index contributed by atoms with van der Waals surface area (Å²) < 4.78 is 24.4. The molecule has 0 radical (unpaired) electrons. The van der Waals surface area contributed by atoms with E-state index in [2.05, 4.69) is 10.3 Å². The normalized spacial score (nSPS) is 11.6. The molecule has 0 aliphatic rings. The fourth-order valence-electron chi connectivity index (χ4n) is 2.63. The van der Waals surface area contributed by atoms with E-state index in [9.17, 15) is 13.2 Å². The van der Waals surface area contributed by atoms with Gasteiger partial charge in [-0.25, -0.2) is 18.5 Å². The third kappa shape index (κ3) is 4.88. The van der Waals surface area contributed by atoms with Crippen molar-refractivity contribution in [1.29, 1.82) is 0 Å². The fourth-order valence-corrected chi connectivity index (χ4v) is 3.96. The zero-order valence-corrected chi connectivity index (χ0v) is 16.4. The number of para-hydroxylation sites is 2. The molecule has 3 rings (SSSR count). The van der Waals surface area contributed by atoms with Crippen LogP contribution in [0.2, 0.25) is 0 Å². The number of thioether (sulfide) groups is 1. The molecule has 0 fully saturated rings. The zero-order chi connectivity index (χ0) is 19.4. The van der Waals surface area contributed by atoms with Crippen LogP contribution in [0.1, 0.15) is 5.56 Å². The highest BCUT2D eigenvalue weighted by Crippen LogP contribution is 2.22. The summed E-state index contributed by atoms with van der Waals surface area (Å²) in [6, 6.07) is 14.2. The van der Waals surface area contributed by atoms with Gasteiger partial charge in [0.1, 0.15) is 0 Å². The summed E-state index contributed by atoms with van der Waals surface area (Å²) in [5.74, 6) is 0.204. The minimum absolute atomic E-state index is 0.0757. The van der Waals surface area contributed by atoms with E-state index in [0.29, 0.717) is 13.0 Å². The van der Waals surface area contributed by atoms with Crippen molar-refractivity contribution in [3.05, 3.63) is 54.1 Å². The van der Waals surface area contributed by atoms with Crippen molar-refractivity contribution in [3.63, 3.8) is 0 Å². The number of hydrogen-bond acceptors (Lipinski definition) is 5. The minimum Gasteiger partial charge on any atom is -0.355 e. The number of carbonyl (C=O) groups excluding carboxylic acids is 1. The molecule has 1 aromatic heterocycles. The summed E-state index contributed by atoms with van der Waals surface area (Å²) in [4.78, 5) is 16.7. The van der Waals surface area contributed by atoms with Crippen LogP contribution in [0.25, 0.3) is 11.0 Å². The molecule has 3 N–H and O–H groups in total. The van der Waals surface area contributed by atoms with Crippen molar-refractivity contribution >= 4 is 38.7 Å². The van der Waals surface area contributed by atoms with Crippen molar-refractivity contribution in [3.8, 4) is 0 Å². The molecular weight excluding hydrogens is 384 g/mol. The van der Waals surface area contributed by atoms with Crippen LogP contribution in [-0.2, 0) is 28.3 Å². The number of aryl methyl sites for hydroxylation is 1. The largest absolute Gasteiger partial charge is 0.355 e. The topological polar surface area (TPSA) is 107 Å². The molecule has 0 aliphatic heterocycles. The van der Waals surface area contributed by atoms with Crippen molar-refractivity contribution in [2.45, 2.75) is 16.5 Å². The lowest BCUT2D eigenvalue weighted by Gasteiger charge is -2.06. The van der Waals surface area contributed by atoms with E-state index in [1.54, 1.807) is 12.1 Å². The number of rotatable bonds is 7. The number of nitrogens with zero attached hydrogens (tertiary/aromatic N) is 2. The SMILES string of the molecule is Cn1c(SCC(=O)NCCc2ccc(S(N)(=O)=O)cc2)nc2ccccc21. The Balaban J connectivity index is 1.47. The maximum Gasteiger partial charge on any atom is 0.238 e. The molecule has 1 heterocycles. The monoisotopic (exact) mass is 404 g/mol. The number of nitrogens with one attached hydrogen (secondary N) is 1. The van der Waals surface area contributed by atoms with Crippen LogP contribution in [0, 0.1) is 0 Å². The lowest BCUT2D eigenvalue weighted by molar-refractivity contribution is -0.118. The predicted octanol–water partition coefficient (Wildman–Crippen LogP) is 1.67. The number of sulfonamides is 1. The number of amides is 1. The van der Waals surface area contributed by atoms with Gasteiger partial charge in [-0.3, -0.25) is 4.79 Å². The molecule has 0 saturated carbocycles. The quantitative estimate of drug-likeness (QED) is 0.583. The Morgan fingerprint density at radius 1 is 1.19 bits per heavy atom. The van der Waals surface area contributed by atoms with Gasteiger partial charge >= 0.3 is 0 Å². The van der Waals surface area contributed by atoms with Gasteiger partial charge in [-0.15, -0.1) is 0 Å². The van der Waals surface area contributed by atoms with E-state index in [1.165, 1.54) is 23.9 Å². The highest BCUT2D eigenvalue weighted by molar-refractivity contribution is 7.99. The molecule has 27 heavy (non-hydrogen) atoms. The number of benzene rings is 2. The second-order valence-electron chi connectivity index (χ2n) is 6.02. The van der Waals surface area contributed by atoms with Crippen LogP contribution in [0.5, 0.6) is 0 Å². The van der Waals surface area contributed by atoms with Crippen LogP contribution in [0.3, 0.4) is 0 Å². The Morgan fingerprint density at radius 3 is 2.56 bits per heavy atom. The molecule has 142 valence electrons. The summed E-state index contributed by atoms with van der Waals surface area (Å²) in [7, 11) is -1.75. The Bertz CT molecular complexity index is 1060. The first kappa shape index (κ1) is 19.4. The summed E-state index contributed by atoms with van der Waals surface area (Å²) in [6.45, 7) is 0.469. The third-order valence-corrected chi connectivity index (χ3v) is 6.03. The van der Waals surface area contributed by atoms with E-state index in [-0.39, 0.29) is 16.6 Å². The Labute approximate surface area is 162 Å². The summed E-state index contributed by atoms with van der Waals surface area (Å²) in [6.07, 6.45) is 0.605. The van der Waals surface area contributed by atoms with Crippen LogP contribution in [0.15, 0.2) is 58.6 Å². The van der Waals surface area contributed by atoms with E-state index in [0.717, 1.165) is 21.8 Å². The van der Waals surface area contributed by atoms with Crippen LogP contribution >= 0.6 is 11.8 Å². The molecule has 0 spiro atoms. The molecule has 0 atom stereocenters. The molecule has 0 aliphatic carbocycles. The number of primary sulfonamides is 1. The molecule has 0 saturated heterocycles. The molecular formula is C18H20N4O3S2. The fraction of sp³-hybridized carbons (Fsp3) is 0.222. The Morgan fingerprint density at radius 2 is 1.89 bits per heavy atom. The first-order chi connectivity index (χ1) is 12.8. The molecule has 3 aromatic rings. The Hall–Kier alpha value is -2.36. The first-order valence-electron chi connectivity index (χ1n) is 8.27. The smallest absolute Gasteiger partial charge is 0.238 e. The number of hydrogen-bond donors (Lipinski definition) is 2. The van der Waals surface area contributed by atoms with Gasteiger partial charge in [-0.05, 0) is 36.2 Å². The average Bonchev–Trinajstić information content (AvgIpc) is 2.96. The van der Waals surface area contributed by atoms with Gasteiger partial charge in [0.2, 0.25) is 15.9 Å². The lowest BCUT2D eigenvalue weighted by atomic mass is 10.1. The first-order valence-corrected chi connectivity index (χ1v) is 10.8. The highest BCUT2D eigenvalue weighted by Gasteiger charge is 2.10. The molecule has 9 heteroatoms. The van der Waals surface area contributed by atoms with E-state index in [1.807, 2.05) is 35.9 Å². The molecule has 0 unspecified atom stereocenters. The minimum atomic E-state index is -3.68. The number of nitrogens with two attached hydrogens (primary N) is 1. The van der Waals surface area contributed by atoms with Crippen molar-refractivity contribution < 1.29 is 13.2 Å². The van der Waals surface area contributed by atoms with Crippen LogP contribution < -0.4 is 10.5 Å². The second kappa shape index (κ2) is 8.12. The van der Waals surface area contributed by atoms with Crippen molar-refractivity contribution in [2.75, 3.05) is 12.3 Å². The highest BCUT2D eigenvalue weighted by atomic mass is 32.2. The van der Waals surface area contributed by atoms with Crippen LogP contribution in [-0.4, -0.2) is 36.2 Å². The zero-order valence-electron chi connectivity index (χ0n) is 14.8. The van der Waals surface area contributed by atoms with E-state index < -0.39 is 10.0 Å². The van der Waals surface area contributed by atoms with Crippen LogP contribution in [0.4, 0.5) is 0 Å². The van der Waals surface area contributed by atoms with Crippen molar-refractivity contribution in [2.24, 2.45) is 12.2 Å². The number of fused-ring (bicyclic) bond motifs is 1. The summed E-state index contributed by atoms with van der Waals surface area (Å²) >= 11 is 1.39. The average molecular weight is 405 g/mol. The van der Waals surface area contributed by atoms with Gasteiger partial charge < -0.3 is 9.88 Å². The molecule has 7 nitrogen and oxygen atoms in total. The third-order valence-electron chi connectivity index (χ3n) is 4.07. The second-order valence-corrected chi connectivity index (χ2v) is 8.52. The van der Waals surface area contributed by atoms with E-state index in [4.69, 9.17) is 5.14 Å². The van der Waals surface area contributed by atoms with Gasteiger partial charge in [-0.2, -0.15) is 0 Å². The standard InChI is InChI=1S/C18H20N4O3S2/c1-22-16-5-3-2-4-15(16)21-18(22)26-12-17(23)20-11-10-13-6-8-14(9-7-13)27(19,24)25/h2-9H,10-12H2,1H3,(H,20,23)(H2,19,24,25). The predicted molar refractivity (Wildman–Crippen MR) is 106 cm³/mol. The van der Waals surface area contributed by atoms with Gasteiger partial charge in [0.05, 0.1) is 21.7 Å². The van der Waals surface area contributed by atoms with Gasteiger partial charge in [0, 0.05) is 13.6 Å². The number of imidazole rings is 1. The van der Waals surface area contributed by atoms with Gasteiger partial charge in [0.15, 0.2) is 5.16 Å². The maximum atomic E-state index is 12.1. The molecule has 0 bridgehead atoms. The van der Waals surface area contributed by atoms with Crippen molar-refractivity contribution in [1.82, 2.24) is 14.9 Å². The lowest BCUT2D eigenvalue weighted by Crippen LogP contribution is -2.27. The van der Waals surface area contributed by atoms with E-state index >= 15 is 0 Å². The van der Waals surface area contributed by atoms with Gasteiger partial charge in [-0.1, -0.05) is 36.0 Å².